The monoisotopic (exact) mass is 268 g/mol. The molecule has 1 aliphatic rings. The van der Waals surface area contributed by atoms with Gasteiger partial charge in [-0.2, -0.15) is 0 Å². The molecule has 1 saturated carbocycles. The van der Waals surface area contributed by atoms with Crippen molar-refractivity contribution >= 4 is 17.6 Å². The Balaban J connectivity index is 2.36. The van der Waals surface area contributed by atoms with E-state index in [9.17, 15) is 14.4 Å². The van der Waals surface area contributed by atoms with E-state index in [1.165, 1.54) is 12.8 Å². The van der Waals surface area contributed by atoms with Gasteiger partial charge in [-0.05, 0) is 25.2 Å². The van der Waals surface area contributed by atoms with E-state index in [1.807, 2.05) is 0 Å². The number of nitrogens with one attached hydrogen (secondary N) is 1. The van der Waals surface area contributed by atoms with Gasteiger partial charge in [-0.1, -0.05) is 19.8 Å². The van der Waals surface area contributed by atoms with Crippen molar-refractivity contribution in [2.24, 2.45) is 11.7 Å². The van der Waals surface area contributed by atoms with Crippen LogP contribution in [0.1, 0.15) is 58.3 Å². The molecule has 0 aromatic heterocycles. The summed E-state index contributed by atoms with van der Waals surface area (Å²) in [7, 11) is 0. The van der Waals surface area contributed by atoms with Gasteiger partial charge in [-0.3, -0.25) is 14.4 Å². The zero-order valence-corrected chi connectivity index (χ0v) is 11.6. The molecule has 0 aromatic carbocycles. The largest absolute Gasteiger partial charge is 0.368 e. The van der Waals surface area contributed by atoms with Crippen LogP contribution in [0.15, 0.2) is 0 Å². The van der Waals surface area contributed by atoms with E-state index >= 15 is 0 Å². The van der Waals surface area contributed by atoms with Gasteiger partial charge in [0.15, 0.2) is 0 Å². The van der Waals surface area contributed by atoms with E-state index in [0.29, 0.717) is 25.2 Å². The van der Waals surface area contributed by atoms with Gasteiger partial charge in [0.25, 0.3) is 0 Å². The third-order valence-corrected chi connectivity index (χ3v) is 3.73. The fourth-order valence-corrected chi connectivity index (χ4v) is 2.50. The van der Waals surface area contributed by atoms with Crippen molar-refractivity contribution in [3.8, 4) is 0 Å². The Kier molecular flexibility index (Phi) is 6.53. The second kappa shape index (κ2) is 7.92. The minimum atomic E-state index is -0.718. The lowest BCUT2D eigenvalue weighted by Crippen LogP contribution is -2.45. The number of ketones is 1. The molecule has 0 aliphatic heterocycles. The highest BCUT2D eigenvalue weighted by Gasteiger charge is 2.22. The number of amides is 2. The van der Waals surface area contributed by atoms with Crippen LogP contribution in [0.3, 0.4) is 0 Å². The van der Waals surface area contributed by atoms with Crippen LogP contribution in [0.5, 0.6) is 0 Å². The topological polar surface area (TPSA) is 89.3 Å². The van der Waals surface area contributed by atoms with Crippen molar-refractivity contribution in [3.63, 3.8) is 0 Å². The van der Waals surface area contributed by atoms with Crippen molar-refractivity contribution in [3.05, 3.63) is 0 Å². The van der Waals surface area contributed by atoms with Gasteiger partial charge in [0.2, 0.25) is 11.8 Å². The Labute approximate surface area is 114 Å². The Bertz CT molecular complexity index is 336. The van der Waals surface area contributed by atoms with Gasteiger partial charge in [0, 0.05) is 19.3 Å². The average molecular weight is 268 g/mol. The lowest BCUT2D eigenvalue weighted by Gasteiger charge is -2.16. The van der Waals surface area contributed by atoms with Crippen molar-refractivity contribution in [1.29, 1.82) is 0 Å². The zero-order chi connectivity index (χ0) is 14.3. The molecule has 108 valence electrons. The minimum absolute atomic E-state index is 0.0799. The molecule has 0 aromatic rings. The molecule has 1 aliphatic carbocycles. The lowest BCUT2D eigenvalue weighted by molar-refractivity contribution is -0.128. The minimum Gasteiger partial charge on any atom is -0.368 e. The smallest absolute Gasteiger partial charge is 0.240 e. The molecule has 0 spiro atoms. The van der Waals surface area contributed by atoms with Gasteiger partial charge in [-0.15, -0.1) is 0 Å². The fourth-order valence-electron chi connectivity index (χ4n) is 2.50. The van der Waals surface area contributed by atoms with Crippen LogP contribution >= 0.6 is 0 Å². The summed E-state index contributed by atoms with van der Waals surface area (Å²) >= 11 is 0. The summed E-state index contributed by atoms with van der Waals surface area (Å²) in [6.45, 7) is 1.78. The Morgan fingerprint density at radius 1 is 1.26 bits per heavy atom. The summed E-state index contributed by atoms with van der Waals surface area (Å²) in [4.78, 5) is 34.3. The number of hydrogen-bond donors (Lipinski definition) is 2. The third kappa shape index (κ3) is 5.85. The molecule has 3 N–H and O–H groups in total. The highest BCUT2D eigenvalue weighted by molar-refractivity contribution is 5.87. The molecule has 0 unspecified atom stereocenters. The first-order valence-electron chi connectivity index (χ1n) is 7.13. The molecule has 2 amide bonds. The number of primary amides is 1. The quantitative estimate of drug-likeness (QED) is 0.695. The number of carbonyl (C=O) groups is 3. The molecule has 5 heteroatoms. The van der Waals surface area contributed by atoms with E-state index in [4.69, 9.17) is 5.73 Å². The predicted molar refractivity (Wildman–Crippen MR) is 72.2 cm³/mol. The number of hydrogen-bond acceptors (Lipinski definition) is 3. The first-order chi connectivity index (χ1) is 9.02. The zero-order valence-electron chi connectivity index (χ0n) is 11.6. The first-order valence-corrected chi connectivity index (χ1v) is 7.13. The van der Waals surface area contributed by atoms with Crippen LogP contribution < -0.4 is 11.1 Å². The molecule has 0 bridgehead atoms. The molecule has 0 saturated heterocycles. The number of carbonyl (C=O) groups excluding carboxylic acids is 3. The van der Waals surface area contributed by atoms with Crippen molar-refractivity contribution in [2.45, 2.75) is 64.3 Å². The third-order valence-electron chi connectivity index (χ3n) is 3.73. The van der Waals surface area contributed by atoms with Crippen LogP contribution in [-0.2, 0) is 14.4 Å². The predicted octanol–water partition coefficient (Wildman–Crippen LogP) is 1.30. The lowest BCUT2D eigenvalue weighted by atomic mass is 10.0. The molecule has 1 fully saturated rings. The highest BCUT2D eigenvalue weighted by atomic mass is 16.2. The van der Waals surface area contributed by atoms with Crippen molar-refractivity contribution in [1.82, 2.24) is 5.32 Å². The normalized spacial score (nSPS) is 17.1. The molecular formula is C14H24N2O3. The van der Waals surface area contributed by atoms with Gasteiger partial charge in [0.05, 0.1) is 0 Å². The van der Waals surface area contributed by atoms with Crippen molar-refractivity contribution in [2.75, 3.05) is 0 Å². The maximum absolute atomic E-state index is 11.8. The summed E-state index contributed by atoms with van der Waals surface area (Å²) in [5.74, 6) is -0.176. The Hall–Kier alpha value is -1.39. The van der Waals surface area contributed by atoms with Crippen LogP contribution in [0, 0.1) is 5.92 Å². The Morgan fingerprint density at radius 3 is 2.42 bits per heavy atom. The molecular weight excluding hydrogens is 244 g/mol. The van der Waals surface area contributed by atoms with Gasteiger partial charge in [-0.25, -0.2) is 0 Å². The van der Waals surface area contributed by atoms with Crippen LogP contribution in [-0.4, -0.2) is 23.6 Å². The number of Topliss-reactive ketones (excluding diaryl/α,β-unsaturated/α-hetero) is 1. The first kappa shape index (κ1) is 15.7. The summed E-state index contributed by atoms with van der Waals surface area (Å²) in [5.41, 5.74) is 5.26. The summed E-state index contributed by atoms with van der Waals surface area (Å²) in [6.07, 6.45) is 6.04. The van der Waals surface area contributed by atoms with E-state index in [1.54, 1.807) is 6.92 Å². The van der Waals surface area contributed by atoms with Crippen molar-refractivity contribution < 1.29 is 14.4 Å². The van der Waals surface area contributed by atoms with Crippen LogP contribution in [0.4, 0.5) is 0 Å². The average Bonchev–Trinajstić information content (AvgIpc) is 2.86. The van der Waals surface area contributed by atoms with Gasteiger partial charge in [0.1, 0.15) is 11.8 Å². The van der Waals surface area contributed by atoms with E-state index in [0.717, 1.165) is 12.8 Å². The highest BCUT2D eigenvalue weighted by Crippen LogP contribution is 2.27. The summed E-state index contributed by atoms with van der Waals surface area (Å²) in [5, 5.41) is 2.66. The van der Waals surface area contributed by atoms with E-state index in [2.05, 4.69) is 5.32 Å². The fraction of sp³-hybridized carbons (Fsp3) is 0.786. The molecule has 1 rings (SSSR count). The molecule has 5 nitrogen and oxygen atoms in total. The Morgan fingerprint density at radius 2 is 1.89 bits per heavy atom. The molecule has 0 heterocycles. The second-order valence-electron chi connectivity index (χ2n) is 5.31. The second-order valence-corrected chi connectivity index (χ2v) is 5.31. The van der Waals surface area contributed by atoms with E-state index < -0.39 is 11.9 Å². The molecule has 19 heavy (non-hydrogen) atoms. The maximum Gasteiger partial charge on any atom is 0.240 e. The standard InChI is InChI=1S/C14H24N2O3/c1-2-11(17)7-8-12(14(15)19)16-13(18)9-10-5-3-4-6-10/h10,12H,2-9H2,1H3,(H2,15,19)(H,16,18)/t12-/m1/s1. The van der Waals surface area contributed by atoms with E-state index in [-0.39, 0.29) is 18.1 Å². The number of nitrogens with two attached hydrogens (primary N) is 1. The number of rotatable bonds is 8. The van der Waals surface area contributed by atoms with Crippen LogP contribution in [0.2, 0.25) is 0 Å². The summed E-state index contributed by atoms with van der Waals surface area (Å²) in [6, 6.07) is -0.718. The van der Waals surface area contributed by atoms with Gasteiger partial charge < -0.3 is 11.1 Å². The van der Waals surface area contributed by atoms with Crippen LogP contribution in [0.25, 0.3) is 0 Å². The summed E-state index contributed by atoms with van der Waals surface area (Å²) < 4.78 is 0. The molecule has 0 radical (unpaired) electrons. The van der Waals surface area contributed by atoms with Gasteiger partial charge >= 0.3 is 0 Å². The SMILES string of the molecule is CCC(=O)CC[C@@H](NC(=O)CC1CCCC1)C(N)=O. The molecule has 1 atom stereocenters. The maximum atomic E-state index is 11.8.